The Bertz CT molecular complexity index is 572. The number of fused-ring (bicyclic) bond motifs is 1. The van der Waals surface area contributed by atoms with E-state index < -0.39 is 0 Å². The number of carbonyl (C=O) groups is 2. The Labute approximate surface area is 135 Å². The SMILES string of the molecule is CC(=O)Nc1ccc(C(=O)N[C@@H]2CC[C@@H]3OCCO[C@@H]3C2)cc1. The van der Waals surface area contributed by atoms with E-state index in [9.17, 15) is 9.59 Å². The Balaban J connectivity index is 1.55. The van der Waals surface area contributed by atoms with E-state index in [1.54, 1.807) is 24.3 Å². The Morgan fingerprint density at radius 2 is 1.74 bits per heavy atom. The highest BCUT2D eigenvalue weighted by Crippen LogP contribution is 2.27. The Morgan fingerprint density at radius 3 is 2.43 bits per heavy atom. The molecule has 1 aliphatic carbocycles. The molecule has 2 amide bonds. The van der Waals surface area contributed by atoms with Gasteiger partial charge >= 0.3 is 0 Å². The predicted molar refractivity (Wildman–Crippen MR) is 85.3 cm³/mol. The second kappa shape index (κ2) is 7.10. The standard InChI is InChI=1S/C17H22N2O4/c1-11(20)18-13-4-2-12(3-5-13)17(21)19-14-6-7-15-16(10-14)23-9-8-22-15/h2-5,14-16H,6-10H2,1H3,(H,18,20)(H,19,21)/t14-,15+,16-/m1/s1. The highest BCUT2D eigenvalue weighted by atomic mass is 16.6. The number of rotatable bonds is 3. The summed E-state index contributed by atoms with van der Waals surface area (Å²) in [7, 11) is 0. The molecule has 2 aliphatic rings. The van der Waals surface area contributed by atoms with Crippen LogP contribution in [0, 0.1) is 0 Å². The van der Waals surface area contributed by atoms with Crippen molar-refractivity contribution in [3.05, 3.63) is 29.8 Å². The van der Waals surface area contributed by atoms with Crippen molar-refractivity contribution in [2.75, 3.05) is 18.5 Å². The largest absolute Gasteiger partial charge is 0.373 e. The Kier molecular flexibility index (Phi) is 4.93. The van der Waals surface area contributed by atoms with E-state index in [-0.39, 0.29) is 30.1 Å². The molecular weight excluding hydrogens is 296 g/mol. The summed E-state index contributed by atoms with van der Waals surface area (Å²) >= 11 is 0. The summed E-state index contributed by atoms with van der Waals surface area (Å²) in [6.45, 7) is 2.75. The molecule has 1 aromatic carbocycles. The summed E-state index contributed by atoms with van der Waals surface area (Å²) in [5, 5.41) is 5.75. The topological polar surface area (TPSA) is 76.7 Å². The number of anilines is 1. The van der Waals surface area contributed by atoms with E-state index in [2.05, 4.69) is 10.6 Å². The molecule has 3 atom stereocenters. The summed E-state index contributed by atoms with van der Waals surface area (Å²) in [5.74, 6) is -0.229. The third-order valence-electron chi connectivity index (χ3n) is 4.28. The van der Waals surface area contributed by atoms with Crippen LogP contribution in [-0.4, -0.2) is 43.3 Å². The summed E-state index contributed by atoms with van der Waals surface area (Å²) in [6, 6.07) is 7.00. The van der Waals surface area contributed by atoms with Crippen molar-refractivity contribution >= 4 is 17.5 Å². The third kappa shape index (κ3) is 4.09. The molecule has 2 fully saturated rings. The number of hydrogen-bond donors (Lipinski definition) is 2. The quantitative estimate of drug-likeness (QED) is 0.889. The van der Waals surface area contributed by atoms with Gasteiger partial charge in [-0.2, -0.15) is 0 Å². The number of hydrogen-bond acceptors (Lipinski definition) is 4. The van der Waals surface area contributed by atoms with Crippen molar-refractivity contribution in [3.63, 3.8) is 0 Å². The van der Waals surface area contributed by atoms with Gasteiger partial charge in [0.2, 0.25) is 5.91 Å². The van der Waals surface area contributed by atoms with Gasteiger partial charge in [0.05, 0.1) is 25.4 Å². The zero-order valence-corrected chi connectivity index (χ0v) is 13.2. The smallest absolute Gasteiger partial charge is 0.251 e. The van der Waals surface area contributed by atoms with Crippen LogP contribution >= 0.6 is 0 Å². The van der Waals surface area contributed by atoms with Crippen molar-refractivity contribution < 1.29 is 19.1 Å². The van der Waals surface area contributed by atoms with Crippen LogP contribution in [-0.2, 0) is 14.3 Å². The van der Waals surface area contributed by atoms with Crippen LogP contribution < -0.4 is 10.6 Å². The zero-order chi connectivity index (χ0) is 16.2. The van der Waals surface area contributed by atoms with Gasteiger partial charge < -0.3 is 20.1 Å². The number of nitrogens with one attached hydrogen (secondary N) is 2. The van der Waals surface area contributed by atoms with Gasteiger partial charge in [0, 0.05) is 24.2 Å². The van der Waals surface area contributed by atoms with E-state index in [1.807, 2.05) is 0 Å². The van der Waals surface area contributed by atoms with E-state index in [4.69, 9.17) is 9.47 Å². The lowest BCUT2D eigenvalue weighted by Crippen LogP contribution is -2.49. The lowest BCUT2D eigenvalue weighted by molar-refractivity contribution is -0.157. The van der Waals surface area contributed by atoms with Crippen LogP contribution in [0.2, 0.25) is 0 Å². The van der Waals surface area contributed by atoms with Crippen molar-refractivity contribution in [3.8, 4) is 0 Å². The average molecular weight is 318 g/mol. The molecule has 1 heterocycles. The number of ether oxygens (including phenoxy) is 2. The minimum atomic E-state index is -0.131. The maximum Gasteiger partial charge on any atom is 0.251 e. The van der Waals surface area contributed by atoms with E-state index in [0.717, 1.165) is 19.3 Å². The molecule has 23 heavy (non-hydrogen) atoms. The summed E-state index contributed by atoms with van der Waals surface area (Å²) in [5.41, 5.74) is 1.27. The van der Waals surface area contributed by atoms with Gasteiger partial charge in [-0.1, -0.05) is 0 Å². The highest BCUT2D eigenvalue weighted by molar-refractivity contribution is 5.95. The number of benzene rings is 1. The molecule has 124 valence electrons. The first kappa shape index (κ1) is 16.0. The van der Waals surface area contributed by atoms with E-state index in [0.29, 0.717) is 24.5 Å². The fourth-order valence-corrected chi connectivity index (χ4v) is 3.17. The van der Waals surface area contributed by atoms with Gasteiger partial charge in [0.25, 0.3) is 5.91 Å². The number of amides is 2. The zero-order valence-electron chi connectivity index (χ0n) is 13.2. The molecule has 0 spiro atoms. The normalized spacial score (nSPS) is 26.9. The maximum absolute atomic E-state index is 12.3. The van der Waals surface area contributed by atoms with E-state index in [1.165, 1.54) is 6.92 Å². The summed E-state index contributed by atoms with van der Waals surface area (Å²) < 4.78 is 11.4. The van der Waals surface area contributed by atoms with Crippen LogP contribution in [0.1, 0.15) is 36.5 Å². The molecule has 1 saturated heterocycles. The van der Waals surface area contributed by atoms with Gasteiger partial charge in [-0.25, -0.2) is 0 Å². The first-order chi connectivity index (χ1) is 11.1. The first-order valence-corrected chi connectivity index (χ1v) is 8.03. The van der Waals surface area contributed by atoms with Gasteiger partial charge in [0.15, 0.2) is 0 Å². The van der Waals surface area contributed by atoms with Crippen molar-refractivity contribution in [2.45, 2.75) is 44.4 Å². The lowest BCUT2D eigenvalue weighted by atomic mass is 9.89. The maximum atomic E-state index is 12.3. The van der Waals surface area contributed by atoms with Gasteiger partial charge in [-0.3, -0.25) is 9.59 Å². The van der Waals surface area contributed by atoms with Gasteiger partial charge in [-0.15, -0.1) is 0 Å². The van der Waals surface area contributed by atoms with Crippen LogP contribution in [0.15, 0.2) is 24.3 Å². The molecule has 1 aliphatic heterocycles. The second-order valence-electron chi connectivity index (χ2n) is 6.06. The van der Waals surface area contributed by atoms with Gasteiger partial charge in [0.1, 0.15) is 0 Å². The second-order valence-corrected chi connectivity index (χ2v) is 6.06. The van der Waals surface area contributed by atoms with Crippen molar-refractivity contribution in [1.29, 1.82) is 0 Å². The van der Waals surface area contributed by atoms with Crippen LogP contribution in [0.3, 0.4) is 0 Å². The molecule has 6 heteroatoms. The fourth-order valence-electron chi connectivity index (χ4n) is 3.17. The molecule has 6 nitrogen and oxygen atoms in total. The molecule has 1 aromatic rings. The van der Waals surface area contributed by atoms with E-state index >= 15 is 0 Å². The van der Waals surface area contributed by atoms with Crippen LogP contribution in [0.5, 0.6) is 0 Å². The fraction of sp³-hybridized carbons (Fsp3) is 0.529. The third-order valence-corrected chi connectivity index (χ3v) is 4.28. The molecule has 0 radical (unpaired) electrons. The highest BCUT2D eigenvalue weighted by Gasteiger charge is 2.34. The van der Waals surface area contributed by atoms with Crippen LogP contribution in [0.25, 0.3) is 0 Å². The molecular formula is C17H22N2O4. The average Bonchev–Trinajstić information content (AvgIpc) is 2.55. The van der Waals surface area contributed by atoms with Crippen LogP contribution in [0.4, 0.5) is 5.69 Å². The monoisotopic (exact) mass is 318 g/mol. The van der Waals surface area contributed by atoms with Crippen molar-refractivity contribution in [1.82, 2.24) is 5.32 Å². The van der Waals surface area contributed by atoms with Crippen molar-refractivity contribution in [2.24, 2.45) is 0 Å². The summed E-state index contributed by atoms with van der Waals surface area (Å²) in [4.78, 5) is 23.3. The lowest BCUT2D eigenvalue weighted by Gasteiger charge is -2.39. The predicted octanol–water partition coefficient (Wildman–Crippen LogP) is 1.71. The molecule has 2 N–H and O–H groups in total. The molecule has 0 bridgehead atoms. The minimum Gasteiger partial charge on any atom is -0.373 e. The minimum absolute atomic E-state index is 0.0879. The Hall–Kier alpha value is -1.92. The molecule has 1 saturated carbocycles. The summed E-state index contributed by atoms with van der Waals surface area (Å²) in [6.07, 6.45) is 2.87. The number of carbonyl (C=O) groups excluding carboxylic acids is 2. The Morgan fingerprint density at radius 1 is 1.04 bits per heavy atom. The molecule has 0 unspecified atom stereocenters. The first-order valence-electron chi connectivity index (χ1n) is 8.03. The molecule has 3 rings (SSSR count). The molecule has 0 aromatic heterocycles. The van der Waals surface area contributed by atoms with Gasteiger partial charge in [-0.05, 0) is 43.5 Å².